The van der Waals surface area contributed by atoms with Crippen LogP contribution in [-0.2, 0) is 4.74 Å². The van der Waals surface area contributed by atoms with Gasteiger partial charge in [-0.1, -0.05) is 0 Å². The second kappa shape index (κ2) is 7.73. The molecule has 2 nitrogen and oxygen atoms in total. The van der Waals surface area contributed by atoms with Crippen molar-refractivity contribution < 1.29 is 4.74 Å². The molecule has 0 N–H and O–H groups in total. The molecular weight excluding hydrogens is 138 g/mol. The first-order valence-electron chi connectivity index (χ1n) is 4.34. The summed E-state index contributed by atoms with van der Waals surface area (Å²) in [7, 11) is 0. The summed E-state index contributed by atoms with van der Waals surface area (Å²) in [6.45, 7) is 9.32. The third kappa shape index (κ3) is 7.53. The summed E-state index contributed by atoms with van der Waals surface area (Å²) < 4.78 is 5.20. The van der Waals surface area contributed by atoms with E-state index in [1.165, 1.54) is 6.42 Å². The Kier molecular flexibility index (Phi) is 7.47. The number of unbranched alkanes of at least 4 members (excludes halogenated alkanes) is 1. The van der Waals surface area contributed by atoms with Crippen LogP contribution in [0.4, 0.5) is 0 Å². The Hall–Kier alpha value is -0.370. The van der Waals surface area contributed by atoms with Crippen LogP contribution in [0, 0.1) is 0 Å². The lowest BCUT2D eigenvalue weighted by atomic mass is 10.1. The number of rotatable bonds is 7. The fourth-order valence-corrected chi connectivity index (χ4v) is 0.879. The smallest absolute Gasteiger partial charge is 0.0465 e. The summed E-state index contributed by atoms with van der Waals surface area (Å²) in [5.41, 5.74) is 0. The Balaban J connectivity index is 2.95. The lowest BCUT2D eigenvalue weighted by Gasteiger charge is -2.04. The van der Waals surface area contributed by atoms with Crippen molar-refractivity contribution in [2.24, 2.45) is 4.99 Å². The number of aliphatic imine (C=N–C) groups is 1. The molecule has 0 spiro atoms. The summed E-state index contributed by atoms with van der Waals surface area (Å²) in [5, 5.41) is 0. The van der Waals surface area contributed by atoms with Crippen molar-refractivity contribution in [2.45, 2.75) is 39.2 Å². The topological polar surface area (TPSA) is 21.6 Å². The second-order valence-electron chi connectivity index (χ2n) is 2.72. The Morgan fingerprint density at radius 3 is 2.73 bits per heavy atom. The molecule has 1 atom stereocenters. The third-order valence-corrected chi connectivity index (χ3v) is 1.68. The number of ether oxygens (including phenoxy) is 1. The van der Waals surface area contributed by atoms with E-state index in [1.54, 1.807) is 0 Å². The molecule has 2 heteroatoms. The fourth-order valence-electron chi connectivity index (χ4n) is 0.879. The van der Waals surface area contributed by atoms with E-state index in [1.807, 2.05) is 6.92 Å². The highest BCUT2D eigenvalue weighted by Crippen LogP contribution is 2.02. The van der Waals surface area contributed by atoms with E-state index in [-0.39, 0.29) is 0 Å². The Bertz CT molecular complexity index is 93.6. The van der Waals surface area contributed by atoms with E-state index in [0.29, 0.717) is 6.04 Å². The van der Waals surface area contributed by atoms with Crippen LogP contribution in [0.2, 0.25) is 0 Å². The van der Waals surface area contributed by atoms with Crippen molar-refractivity contribution in [2.75, 3.05) is 13.2 Å². The molecule has 0 fully saturated rings. The number of hydrogen-bond acceptors (Lipinski definition) is 2. The molecule has 0 saturated carbocycles. The van der Waals surface area contributed by atoms with Crippen molar-refractivity contribution in [3.8, 4) is 0 Å². The predicted octanol–water partition coefficient (Wildman–Crippen LogP) is 2.28. The van der Waals surface area contributed by atoms with Gasteiger partial charge in [0.1, 0.15) is 0 Å². The van der Waals surface area contributed by atoms with Gasteiger partial charge in [-0.05, 0) is 39.8 Å². The summed E-state index contributed by atoms with van der Waals surface area (Å²) in [4.78, 5) is 3.92. The largest absolute Gasteiger partial charge is 0.382 e. The zero-order valence-electron chi connectivity index (χ0n) is 7.68. The standard InChI is InChI=1S/C9H19NO/c1-4-11-8-6-5-7-9(2)10-3/h9H,3-8H2,1-2H3. The molecular formula is C9H19NO. The van der Waals surface area contributed by atoms with Crippen LogP contribution >= 0.6 is 0 Å². The average molecular weight is 157 g/mol. The first-order chi connectivity index (χ1) is 5.31. The van der Waals surface area contributed by atoms with Crippen molar-refractivity contribution in [3.05, 3.63) is 0 Å². The van der Waals surface area contributed by atoms with E-state index in [9.17, 15) is 0 Å². The summed E-state index contributed by atoms with van der Waals surface area (Å²) in [6.07, 6.45) is 3.48. The molecule has 0 saturated heterocycles. The molecule has 11 heavy (non-hydrogen) atoms. The van der Waals surface area contributed by atoms with Crippen molar-refractivity contribution in [1.29, 1.82) is 0 Å². The lowest BCUT2D eigenvalue weighted by Crippen LogP contribution is -1.99. The van der Waals surface area contributed by atoms with Crippen molar-refractivity contribution in [1.82, 2.24) is 0 Å². The average Bonchev–Trinajstić information content (AvgIpc) is 2.04. The van der Waals surface area contributed by atoms with E-state index >= 15 is 0 Å². The van der Waals surface area contributed by atoms with Crippen molar-refractivity contribution in [3.63, 3.8) is 0 Å². The highest BCUT2D eigenvalue weighted by atomic mass is 16.5. The molecule has 0 aliphatic heterocycles. The van der Waals surface area contributed by atoms with Gasteiger partial charge in [0, 0.05) is 19.3 Å². The minimum atomic E-state index is 0.414. The predicted molar refractivity (Wildman–Crippen MR) is 49.4 cm³/mol. The highest BCUT2D eigenvalue weighted by Gasteiger charge is 1.95. The Morgan fingerprint density at radius 1 is 1.45 bits per heavy atom. The normalized spacial score (nSPS) is 12.9. The van der Waals surface area contributed by atoms with Crippen LogP contribution in [0.3, 0.4) is 0 Å². The lowest BCUT2D eigenvalue weighted by molar-refractivity contribution is 0.142. The van der Waals surface area contributed by atoms with Gasteiger partial charge in [-0.25, -0.2) is 0 Å². The van der Waals surface area contributed by atoms with E-state index in [4.69, 9.17) is 4.74 Å². The first kappa shape index (κ1) is 10.6. The molecule has 0 aromatic rings. The highest BCUT2D eigenvalue weighted by molar-refractivity contribution is 5.23. The molecule has 0 heterocycles. The fraction of sp³-hybridized carbons (Fsp3) is 0.889. The van der Waals surface area contributed by atoms with Gasteiger partial charge >= 0.3 is 0 Å². The maximum atomic E-state index is 5.20. The van der Waals surface area contributed by atoms with E-state index in [2.05, 4.69) is 18.6 Å². The zero-order chi connectivity index (χ0) is 8.53. The van der Waals surface area contributed by atoms with E-state index in [0.717, 1.165) is 26.1 Å². The minimum absolute atomic E-state index is 0.414. The maximum absolute atomic E-state index is 5.20. The maximum Gasteiger partial charge on any atom is 0.0465 e. The summed E-state index contributed by atoms with van der Waals surface area (Å²) >= 11 is 0. The van der Waals surface area contributed by atoms with Gasteiger partial charge in [-0.2, -0.15) is 0 Å². The van der Waals surface area contributed by atoms with Crippen molar-refractivity contribution >= 4 is 6.72 Å². The molecule has 0 aromatic carbocycles. The molecule has 0 amide bonds. The summed E-state index contributed by atoms with van der Waals surface area (Å²) in [6, 6.07) is 0.414. The van der Waals surface area contributed by atoms with Crippen LogP contribution in [0.1, 0.15) is 33.1 Å². The molecule has 0 aliphatic carbocycles. The van der Waals surface area contributed by atoms with Crippen LogP contribution < -0.4 is 0 Å². The third-order valence-electron chi connectivity index (χ3n) is 1.68. The minimum Gasteiger partial charge on any atom is -0.382 e. The molecule has 66 valence electrons. The van der Waals surface area contributed by atoms with Gasteiger partial charge in [0.25, 0.3) is 0 Å². The monoisotopic (exact) mass is 157 g/mol. The quantitative estimate of drug-likeness (QED) is 0.410. The number of nitrogens with zero attached hydrogens (tertiary/aromatic N) is 1. The van der Waals surface area contributed by atoms with Gasteiger partial charge < -0.3 is 4.74 Å². The van der Waals surface area contributed by atoms with Gasteiger partial charge in [0.05, 0.1) is 0 Å². The van der Waals surface area contributed by atoms with Gasteiger partial charge in [-0.15, -0.1) is 0 Å². The molecule has 0 aliphatic rings. The van der Waals surface area contributed by atoms with Crippen LogP contribution in [0.15, 0.2) is 4.99 Å². The zero-order valence-corrected chi connectivity index (χ0v) is 7.68. The second-order valence-corrected chi connectivity index (χ2v) is 2.72. The first-order valence-corrected chi connectivity index (χ1v) is 4.34. The SMILES string of the molecule is C=NC(C)CCCCOCC. The molecule has 0 bridgehead atoms. The summed E-state index contributed by atoms with van der Waals surface area (Å²) in [5.74, 6) is 0. The van der Waals surface area contributed by atoms with Crippen LogP contribution in [0.25, 0.3) is 0 Å². The van der Waals surface area contributed by atoms with Gasteiger partial charge in [-0.3, -0.25) is 4.99 Å². The molecule has 1 unspecified atom stereocenters. The van der Waals surface area contributed by atoms with E-state index < -0.39 is 0 Å². The molecule has 0 rings (SSSR count). The molecule has 0 radical (unpaired) electrons. The molecule has 0 aromatic heterocycles. The van der Waals surface area contributed by atoms with Crippen LogP contribution in [-0.4, -0.2) is 26.0 Å². The number of hydrogen-bond donors (Lipinski definition) is 0. The Morgan fingerprint density at radius 2 is 2.18 bits per heavy atom. The van der Waals surface area contributed by atoms with Gasteiger partial charge in [0.15, 0.2) is 0 Å². The Labute approximate surface area is 69.7 Å². The van der Waals surface area contributed by atoms with Gasteiger partial charge in [0.2, 0.25) is 0 Å². The van der Waals surface area contributed by atoms with Crippen LogP contribution in [0.5, 0.6) is 0 Å².